The van der Waals surface area contributed by atoms with Crippen LogP contribution in [0, 0.1) is 0 Å². The van der Waals surface area contributed by atoms with Crippen LogP contribution in [0.15, 0.2) is 29.2 Å². The number of nitrogens with one attached hydrogen (secondary N) is 2. The third kappa shape index (κ3) is 4.42. The second-order valence-electron chi connectivity index (χ2n) is 4.97. The van der Waals surface area contributed by atoms with Crippen molar-refractivity contribution >= 4 is 17.7 Å². The fourth-order valence-electron chi connectivity index (χ4n) is 2.21. The van der Waals surface area contributed by atoms with Gasteiger partial charge in [0.1, 0.15) is 5.75 Å². The molecule has 2 atom stereocenters. The Balaban J connectivity index is 1.77. The SMILES string of the molecule is COc1ccc(SC(C)C(=O)NCC2CCCN2)cc1. The summed E-state index contributed by atoms with van der Waals surface area (Å²) in [5.74, 6) is 0.929. The van der Waals surface area contributed by atoms with E-state index < -0.39 is 0 Å². The number of thioether (sulfide) groups is 1. The molecule has 0 saturated carbocycles. The summed E-state index contributed by atoms with van der Waals surface area (Å²) < 4.78 is 5.12. The van der Waals surface area contributed by atoms with Crippen LogP contribution in [-0.4, -0.2) is 37.4 Å². The molecule has 2 N–H and O–H groups in total. The molecule has 1 aliphatic rings. The number of amides is 1. The van der Waals surface area contributed by atoms with Gasteiger partial charge >= 0.3 is 0 Å². The first-order valence-electron chi connectivity index (χ1n) is 7.01. The molecule has 1 fully saturated rings. The highest BCUT2D eigenvalue weighted by molar-refractivity contribution is 8.00. The molecule has 2 unspecified atom stereocenters. The minimum Gasteiger partial charge on any atom is -0.497 e. The van der Waals surface area contributed by atoms with Gasteiger partial charge < -0.3 is 15.4 Å². The minimum atomic E-state index is -0.0928. The van der Waals surface area contributed by atoms with Crippen molar-refractivity contribution < 1.29 is 9.53 Å². The summed E-state index contributed by atoms with van der Waals surface area (Å²) in [5.41, 5.74) is 0. The quantitative estimate of drug-likeness (QED) is 0.788. The van der Waals surface area contributed by atoms with Crippen LogP contribution >= 0.6 is 11.8 Å². The van der Waals surface area contributed by atoms with E-state index in [2.05, 4.69) is 10.6 Å². The van der Waals surface area contributed by atoms with Gasteiger partial charge in [-0.1, -0.05) is 0 Å². The first-order chi connectivity index (χ1) is 9.69. The van der Waals surface area contributed by atoms with Crippen molar-refractivity contribution in [2.24, 2.45) is 0 Å². The van der Waals surface area contributed by atoms with E-state index >= 15 is 0 Å². The zero-order chi connectivity index (χ0) is 14.4. The van der Waals surface area contributed by atoms with E-state index in [9.17, 15) is 4.79 Å². The average molecular weight is 294 g/mol. The number of ether oxygens (including phenoxy) is 1. The summed E-state index contributed by atoms with van der Waals surface area (Å²) in [7, 11) is 1.65. The number of methoxy groups -OCH3 is 1. The molecule has 1 saturated heterocycles. The zero-order valence-corrected chi connectivity index (χ0v) is 12.8. The maximum absolute atomic E-state index is 12.0. The van der Waals surface area contributed by atoms with Gasteiger partial charge in [0, 0.05) is 17.5 Å². The molecule has 0 aromatic heterocycles. The van der Waals surface area contributed by atoms with Gasteiger partial charge in [0.2, 0.25) is 5.91 Å². The molecule has 1 aromatic carbocycles. The molecule has 20 heavy (non-hydrogen) atoms. The molecule has 0 radical (unpaired) electrons. The number of rotatable bonds is 6. The lowest BCUT2D eigenvalue weighted by Crippen LogP contribution is -2.40. The van der Waals surface area contributed by atoms with Crippen molar-refractivity contribution in [2.75, 3.05) is 20.2 Å². The summed E-state index contributed by atoms with van der Waals surface area (Å²) in [5, 5.41) is 6.31. The van der Waals surface area contributed by atoms with Crippen LogP contribution < -0.4 is 15.4 Å². The monoisotopic (exact) mass is 294 g/mol. The Morgan fingerprint density at radius 2 is 2.25 bits per heavy atom. The summed E-state index contributed by atoms with van der Waals surface area (Å²) in [6.07, 6.45) is 2.36. The van der Waals surface area contributed by atoms with Crippen molar-refractivity contribution in [3.8, 4) is 5.75 Å². The number of hydrogen-bond acceptors (Lipinski definition) is 4. The van der Waals surface area contributed by atoms with Crippen molar-refractivity contribution in [1.82, 2.24) is 10.6 Å². The Morgan fingerprint density at radius 3 is 2.85 bits per heavy atom. The number of benzene rings is 1. The molecule has 4 nitrogen and oxygen atoms in total. The summed E-state index contributed by atoms with van der Waals surface area (Å²) in [6.45, 7) is 3.73. The van der Waals surface area contributed by atoms with Gasteiger partial charge in [-0.15, -0.1) is 11.8 Å². The van der Waals surface area contributed by atoms with Gasteiger partial charge in [-0.3, -0.25) is 4.79 Å². The van der Waals surface area contributed by atoms with Gasteiger partial charge in [-0.2, -0.15) is 0 Å². The second-order valence-corrected chi connectivity index (χ2v) is 6.39. The molecule has 1 aromatic rings. The Hall–Kier alpha value is -1.20. The molecule has 1 heterocycles. The van der Waals surface area contributed by atoms with Crippen molar-refractivity contribution in [3.05, 3.63) is 24.3 Å². The minimum absolute atomic E-state index is 0.0928. The predicted molar refractivity (Wildman–Crippen MR) is 82.3 cm³/mol. The Kier molecular flexibility index (Phi) is 5.73. The number of carbonyl (C=O) groups is 1. The smallest absolute Gasteiger partial charge is 0.233 e. The summed E-state index contributed by atoms with van der Waals surface area (Å²) in [4.78, 5) is 13.1. The van der Waals surface area contributed by atoms with E-state index in [1.807, 2.05) is 31.2 Å². The molecule has 0 bridgehead atoms. The maximum atomic E-state index is 12.0. The van der Waals surface area contributed by atoms with Crippen LogP contribution in [0.2, 0.25) is 0 Å². The third-order valence-electron chi connectivity index (χ3n) is 3.43. The topological polar surface area (TPSA) is 50.4 Å². The van der Waals surface area contributed by atoms with E-state index in [0.29, 0.717) is 6.04 Å². The van der Waals surface area contributed by atoms with Gasteiger partial charge in [0.25, 0.3) is 0 Å². The lowest BCUT2D eigenvalue weighted by atomic mass is 10.2. The van der Waals surface area contributed by atoms with Crippen molar-refractivity contribution in [3.63, 3.8) is 0 Å². The first-order valence-corrected chi connectivity index (χ1v) is 7.89. The molecular formula is C15H22N2O2S. The fraction of sp³-hybridized carbons (Fsp3) is 0.533. The van der Waals surface area contributed by atoms with E-state index in [1.165, 1.54) is 6.42 Å². The van der Waals surface area contributed by atoms with Gasteiger partial charge in [-0.05, 0) is 50.6 Å². The zero-order valence-electron chi connectivity index (χ0n) is 12.0. The molecular weight excluding hydrogens is 272 g/mol. The predicted octanol–water partition coefficient (Wildman–Crippen LogP) is 2.04. The highest BCUT2D eigenvalue weighted by atomic mass is 32.2. The third-order valence-corrected chi connectivity index (χ3v) is 4.54. The molecule has 2 rings (SSSR count). The lowest BCUT2D eigenvalue weighted by molar-refractivity contribution is -0.120. The second kappa shape index (κ2) is 7.55. The van der Waals surface area contributed by atoms with E-state index in [4.69, 9.17) is 4.74 Å². The molecule has 5 heteroatoms. The van der Waals surface area contributed by atoms with Crippen LogP contribution in [-0.2, 0) is 4.79 Å². The van der Waals surface area contributed by atoms with Crippen LogP contribution in [0.1, 0.15) is 19.8 Å². The van der Waals surface area contributed by atoms with Gasteiger partial charge in [-0.25, -0.2) is 0 Å². The molecule has 0 aliphatic carbocycles. The number of carbonyl (C=O) groups excluding carboxylic acids is 1. The van der Waals surface area contributed by atoms with E-state index in [-0.39, 0.29) is 11.2 Å². The lowest BCUT2D eigenvalue weighted by Gasteiger charge is -2.15. The Labute approximate surface area is 124 Å². The molecule has 1 aliphatic heterocycles. The van der Waals surface area contributed by atoms with Crippen molar-refractivity contribution in [1.29, 1.82) is 0 Å². The Morgan fingerprint density at radius 1 is 1.50 bits per heavy atom. The summed E-state index contributed by atoms with van der Waals surface area (Å²) >= 11 is 1.57. The summed E-state index contributed by atoms with van der Waals surface area (Å²) in [6, 6.07) is 8.22. The fourth-order valence-corrected chi connectivity index (χ4v) is 3.10. The highest BCUT2D eigenvalue weighted by Gasteiger charge is 2.18. The van der Waals surface area contributed by atoms with E-state index in [1.54, 1.807) is 18.9 Å². The molecule has 0 spiro atoms. The van der Waals surface area contributed by atoms with Crippen LogP contribution in [0.3, 0.4) is 0 Å². The molecule has 1 amide bonds. The maximum Gasteiger partial charge on any atom is 0.233 e. The Bertz CT molecular complexity index is 430. The van der Waals surface area contributed by atoms with E-state index in [0.717, 1.165) is 30.2 Å². The highest BCUT2D eigenvalue weighted by Crippen LogP contribution is 2.25. The molecule has 110 valence electrons. The number of hydrogen-bond donors (Lipinski definition) is 2. The standard InChI is InChI=1S/C15H22N2O2S/c1-11(15(18)17-10-12-4-3-9-16-12)20-14-7-5-13(19-2)6-8-14/h5-8,11-12,16H,3-4,9-10H2,1-2H3,(H,17,18). The van der Waals surface area contributed by atoms with Gasteiger partial charge in [0.05, 0.1) is 12.4 Å². The first kappa shape index (κ1) is 15.2. The largest absolute Gasteiger partial charge is 0.497 e. The average Bonchev–Trinajstić information content (AvgIpc) is 2.98. The van der Waals surface area contributed by atoms with Gasteiger partial charge in [0.15, 0.2) is 0 Å². The van der Waals surface area contributed by atoms with Crippen molar-refractivity contribution in [2.45, 2.75) is 36.0 Å². The normalized spacial score (nSPS) is 19.6. The van der Waals surface area contributed by atoms with Crippen LogP contribution in [0.25, 0.3) is 0 Å². The van der Waals surface area contributed by atoms with Crippen LogP contribution in [0.4, 0.5) is 0 Å². The van der Waals surface area contributed by atoms with Crippen LogP contribution in [0.5, 0.6) is 5.75 Å².